The van der Waals surface area contributed by atoms with Crippen LogP contribution in [0.2, 0.25) is 5.02 Å². The van der Waals surface area contributed by atoms with Gasteiger partial charge in [0.15, 0.2) is 5.96 Å². The van der Waals surface area contributed by atoms with Crippen LogP contribution in [0.4, 0.5) is 0 Å². The highest BCUT2D eigenvalue weighted by atomic mass is 35.5. The number of aromatic nitrogens is 3. The van der Waals surface area contributed by atoms with Crippen LogP contribution < -0.4 is 10.6 Å². The molecule has 1 aromatic heterocycles. The van der Waals surface area contributed by atoms with Gasteiger partial charge in [0.05, 0.1) is 6.04 Å². The van der Waals surface area contributed by atoms with Gasteiger partial charge in [0.2, 0.25) is 0 Å². The molecule has 0 saturated carbocycles. The van der Waals surface area contributed by atoms with E-state index in [1.165, 1.54) is 18.4 Å². The molecule has 1 unspecified atom stereocenters. The Balaban J connectivity index is 1.23. The van der Waals surface area contributed by atoms with Crippen molar-refractivity contribution < 1.29 is 0 Å². The van der Waals surface area contributed by atoms with E-state index in [4.69, 9.17) is 11.6 Å². The molecule has 0 bridgehead atoms. The maximum Gasteiger partial charge on any atom is 0.191 e. The number of aryl methyl sites for hydroxylation is 2. The van der Waals surface area contributed by atoms with E-state index in [0.29, 0.717) is 5.92 Å². The minimum atomic E-state index is 0.170. The summed E-state index contributed by atoms with van der Waals surface area (Å²) >= 11 is 6.32. The Hall–Kier alpha value is -2.12. The van der Waals surface area contributed by atoms with Gasteiger partial charge < -0.3 is 10.6 Å². The highest BCUT2D eigenvalue weighted by molar-refractivity contribution is 6.31. The molecular weight excluding hydrogens is 398 g/mol. The molecule has 2 aliphatic rings. The number of fused-ring (bicyclic) bond motifs is 1. The van der Waals surface area contributed by atoms with E-state index in [9.17, 15) is 0 Å². The van der Waals surface area contributed by atoms with Crippen LogP contribution in [0.5, 0.6) is 0 Å². The molecule has 30 heavy (non-hydrogen) atoms. The number of halogens is 1. The van der Waals surface area contributed by atoms with Gasteiger partial charge in [-0.3, -0.25) is 9.89 Å². The van der Waals surface area contributed by atoms with Gasteiger partial charge in [-0.25, -0.2) is 9.67 Å². The molecule has 162 valence electrons. The molecule has 3 heterocycles. The minimum Gasteiger partial charge on any atom is -0.356 e. The zero-order valence-corrected chi connectivity index (χ0v) is 18.7. The Morgan fingerprint density at radius 3 is 2.77 bits per heavy atom. The van der Waals surface area contributed by atoms with Crippen molar-refractivity contribution in [2.45, 2.75) is 51.7 Å². The van der Waals surface area contributed by atoms with Crippen LogP contribution >= 0.6 is 11.6 Å². The molecule has 2 aliphatic heterocycles. The molecule has 1 aromatic carbocycles. The topological polar surface area (TPSA) is 70.4 Å². The van der Waals surface area contributed by atoms with E-state index >= 15 is 0 Å². The van der Waals surface area contributed by atoms with Crippen molar-refractivity contribution >= 4 is 17.6 Å². The van der Waals surface area contributed by atoms with E-state index in [2.05, 4.69) is 42.7 Å². The van der Waals surface area contributed by atoms with Crippen molar-refractivity contribution in [1.29, 1.82) is 0 Å². The molecule has 0 amide bonds. The quantitative estimate of drug-likeness (QED) is 0.564. The smallest absolute Gasteiger partial charge is 0.191 e. The zero-order chi connectivity index (χ0) is 20.9. The van der Waals surface area contributed by atoms with Crippen LogP contribution in [-0.2, 0) is 13.1 Å². The van der Waals surface area contributed by atoms with Crippen molar-refractivity contribution in [2.75, 3.05) is 26.7 Å². The van der Waals surface area contributed by atoms with Crippen LogP contribution in [0, 0.1) is 12.8 Å². The summed E-state index contributed by atoms with van der Waals surface area (Å²) in [6, 6.07) is 8.32. The maximum atomic E-state index is 6.32. The normalized spacial score (nSPS) is 20.8. The van der Waals surface area contributed by atoms with Gasteiger partial charge in [0, 0.05) is 31.7 Å². The largest absolute Gasteiger partial charge is 0.356 e. The molecule has 0 spiro atoms. The number of hydrogen-bond acceptors (Lipinski definition) is 4. The summed E-state index contributed by atoms with van der Waals surface area (Å²) in [5.41, 5.74) is 1.22. The third kappa shape index (κ3) is 5.13. The number of aliphatic imine (C=N–C) groups is 1. The molecule has 1 fully saturated rings. The Kier molecular flexibility index (Phi) is 6.89. The molecule has 1 atom stereocenters. The maximum absolute atomic E-state index is 6.32. The summed E-state index contributed by atoms with van der Waals surface area (Å²) in [6.07, 6.45) is 4.53. The van der Waals surface area contributed by atoms with Crippen molar-refractivity contribution in [3.8, 4) is 0 Å². The molecule has 1 saturated heterocycles. The summed E-state index contributed by atoms with van der Waals surface area (Å²) in [6.45, 7) is 6.99. The third-order valence-corrected chi connectivity index (χ3v) is 6.50. The Bertz CT molecular complexity index is 870. The predicted molar refractivity (Wildman–Crippen MR) is 121 cm³/mol. The van der Waals surface area contributed by atoms with Crippen LogP contribution in [0.3, 0.4) is 0 Å². The number of benzene rings is 1. The van der Waals surface area contributed by atoms with Crippen molar-refractivity contribution in [1.82, 2.24) is 30.3 Å². The number of piperidine rings is 1. The van der Waals surface area contributed by atoms with Crippen molar-refractivity contribution in [2.24, 2.45) is 10.9 Å². The van der Waals surface area contributed by atoms with E-state index in [-0.39, 0.29) is 6.04 Å². The van der Waals surface area contributed by atoms with Gasteiger partial charge in [-0.2, -0.15) is 5.10 Å². The lowest BCUT2D eigenvalue weighted by atomic mass is 9.96. The number of guanidine groups is 1. The zero-order valence-electron chi connectivity index (χ0n) is 17.9. The standard InChI is InChI=1S/C22H32ClN7/c1-16-26-21-20(8-5-11-30(21)28-16)27-22(24-2)25-14-17-9-12-29(13-10-17)15-18-6-3-4-7-19(18)23/h3-4,6-7,17,20H,5,8-15H2,1-2H3,(H2,24,25,27). The van der Waals surface area contributed by atoms with Gasteiger partial charge >= 0.3 is 0 Å². The second-order valence-corrected chi connectivity index (χ2v) is 8.75. The first-order valence-corrected chi connectivity index (χ1v) is 11.3. The van der Waals surface area contributed by atoms with Crippen LogP contribution in [-0.4, -0.2) is 52.3 Å². The lowest BCUT2D eigenvalue weighted by molar-refractivity contribution is 0.178. The lowest BCUT2D eigenvalue weighted by Crippen LogP contribution is -2.44. The summed E-state index contributed by atoms with van der Waals surface area (Å²) < 4.78 is 2.03. The van der Waals surface area contributed by atoms with Crippen LogP contribution in [0.15, 0.2) is 29.3 Å². The summed E-state index contributed by atoms with van der Waals surface area (Å²) in [7, 11) is 1.83. The molecule has 2 aromatic rings. The summed E-state index contributed by atoms with van der Waals surface area (Å²) in [5.74, 6) is 3.37. The SMILES string of the molecule is CN=C(NCC1CCN(Cc2ccccc2Cl)CC1)NC1CCCn2nc(C)nc21. The third-order valence-electron chi connectivity index (χ3n) is 6.13. The first kappa shape index (κ1) is 21.1. The second kappa shape index (κ2) is 9.79. The molecule has 0 radical (unpaired) electrons. The minimum absolute atomic E-state index is 0.170. The average molecular weight is 430 g/mol. The average Bonchev–Trinajstić information content (AvgIpc) is 3.15. The molecule has 7 nitrogen and oxygen atoms in total. The molecular formula is C22H32ClN7. The van der Waals surface area contributed by atoms with Crippen molar-refractivity contribution in [3.63, 3.8) is 0 Å². The molecule has 8 heteroatoms. The van der Waals surface area contributed by atoms with E-state index in [1.54, 1.807) is 0 Å². The summed E-state index contributed by atoms with van der Waals surface area (Å²) in [5, 5.41) is 12.4. The van der Waals surface area contributed by atoms with Gasteiger partial charge in [0.1, 0.15) is 11.6 Å². The summed E-state index contributed by atoms with van der Waals surface area (Å²) in [4.78, 5) is 11.6. The highest BCUT2D eigenvalue weighted by Crippen LogP contribution is 2.24. The Morgan fingerprint density at radius 2 is 2.00 bits per heavy atom. The number of hydrogen-bond donors (Lipinski definition) is 2. The van der Waals surface area contributed by atoms with Gasteiger partial charge in [-0.15, -0.1) is 0 Å². The van der Waals surface area contributed by atoms with E-state index in [1.807, 2.05) is 30.8 Å². The molecule has 4 rings (SSSR count). The van der Waals surface area contributed by atoms with E-state index in [0.717, 1.165) is 68.2 Å². The fourth-order valence-corrected chi connectivity index (χ4v) is 4.62. The number of nitrogens with zero attached hydrogens (tertiary/aromatic N) is 5. The van der Waals surface area contributed by atoms with Gasteiger partial charge in [-0.1, -0.05) is 29.8 Å². The first-order valence-electron chi connectivity index (χ1n) is 11.0. The molecule has 0 aliphatic carbocycles. The first-order chi connectivity index (χ1) is 14.6. The predicted octanol–water partition coefficient (Wildman–Crippen LogP) is 3.15. The Morgan fingerprint density at radius 1 is 1.20 bits per heavy atom. The highest BCUT2D eigenvalue weighted by Gasteiger charge is 2.25. The molecule has 2 N–H and O–H groups in total. The number of likely N-dealkylation sites (tertiary alicyclic amines) is 1. The van der Waals surface area contributed by atoms with Crippen molar-refractivity contribution in [3.05, 3.63) is 46.5 Å². The number of rotatable bonds is 5. The monoisotopic (exact) mass is 429 g/mol. The Labute approximate surface area is 183 Å². The van der Waals surface area contributed by atoms with Gasteiger partial charge in [-0.05, 0) is 63.2 Å². The van der Waals surface area contributed by atoms with E-state index < -0.39 is 0 Å². The lowest BCUT2D eigenvalue weighted by Gasteiger charge is -2.32. The fourth-order valence-electron chi connectivity index (χ4n) is 4.42. The fraction of sp³-hybridized carbons (Fsp3) is 0.591. The van der Waals surface area contributed by atoms with Crippen LogP contribution in [0.25, 0.3) is 0 Å². The van der Waals surface area contributed by atoms with Gasteiger partial charge in [0.25, 0.3) is 0 Å². The van der Waals surface area contributed by atoms with Crippen LogP contribution in [0.1, 0.15) is 48.9 Å². The number of nitrogens with one attached hydrogen (secondary N) is 2. The second-order valence-electron chi connectivity index (χ2n) is 8.34.